The van der Waals surface area contributed by atoms with Gasteiger partial charge < -0.3 is 59.1 Å². The zero-order chi connectivity index (χ0) is 38.5. The third-order valence-corrected chi connectivity index (χ3v) is 8.18. The minimum Gasteiger partial charge on any atom is -0.508 e. The predicted molar refractivity (Wildman–Crippen MR) is 189 cm³/mol. The molecule has 2 unspecified atom stereocenters. The van der Waals surface area contributed by atoms with Crippen LogP contribution in [-0.2, 0) is 23.8 Å². The first-order chi connectivity index (χ1) is 25.9. The van der Waals surface area contributed by atoms with Crippen LogP contribution in [0.25, 0.3) is 34.4 Å². The van der Waals surface area contributed by atoms with Crippen LogP contribution in [0.15, 0.2) is 106 Å². The van der Waals surface area contributed by atoms with Crippen LogP contribution in [-0.4, -0.2) is 85.0 Å². The summed E-state index contributed by atoms with van der Waals surface area (Å²) in [7, 11) is 0. The Morgan fingerprint density at radius 1 is 0.704 bits per heavy atom. The topological polar surface area (TPSA) is 243 Å². The van der Waals surface area contributed by atoms with Gasteiger partial charge >= 0.3 is 11.9 Å². The second kappa shape index (κ2) is 15.8. The van der Waals surface area contributed by atoms with Gasteiger partial charge in [-0.15, -0.1) is 0 Å². The Bertz CT molecular complexity index is 2260. The molecule has 15 heteroatoms. The molecule has 1 aliphatic heterocycles. The van der Waals surface area contributed by atoms with Gasteiger partial charge in [0.15, 0.2) is 11.9 Å². The van der Waals surface area contributed by atoms with E-state index in [9.17, 15) is 50.1 Å². The van der Waals surface area contributed by atoms with Crippen molar-refractivity contribution in [1.29, 1.82) is 0 Å². The lowest BCUT2D eigenvalue weighted by Crippen LogP contribution is -2.61. The summed E-state index contributed by atoms with van der Waals surface area (Å²) in [5.74, 6) is -4.04. The molecule has 5 atom stereocenters. The number of rotatable bonds is 10. The van der Waals surface area contributed by atoms with Crippen LogP contribution in [0.1, 0.15) is 11.1 Å². The molecule has 0 bridgehead atoms. The fourth-order valence-corrected chi connectivity index (χ4v) is 5.44. The summed E-state index contributed by atoms with van der Waals surface area (Å²) < 4.78 is 28.6. The van der Waals surface area contributed by atoms with Crippen LogP contribution in [0.4, 0.5) is 0 Å². The van der Waals surface area contributed by atoms with Crippen molar-refractivity contribution in [3.63, 3.8) is 0 Å². The predicted octanol–water partition coefficient (Wildman–Crippen LogP) is 3.70. The van der Waals surface area contributed by atoms with E-state index in [0.717, 1.165) is 24.3 Å². The normalized spacial score (nSPS) is 19.9. The van der Waals surface area contributed by atoms with Crippen LogP contribution >= 0.6 is 0 Å². The van der Waals surface area contributed by atoms with Gasteiger partial charge in [-0.25, -0.2) is 9.59 Å². The van der Waals surface area contributed by atoms with Crippen molar-refractivity contribution in [2.45, 2.75) is 30.7 Å². The van der Waals surface area contributed by atoms with Crippen molar-refractivity contribution in [2.24, 2.45) is 0 Å². The Morgan fingerprint density at radius 2 is 1.26 bits per heavy atom. The monoisotopic (exact) mass is 740 g/mol. The van der Waals surface area contributed by atoms with E-state index in [1.54, 1.807) is 12.1 Å². The highest BCUT2D eigenvalue weighted by molar-refractivity contribution is 5.89. The maximum Gasteiger partial charge on any atom is 0.331 e. The molecule has 4 aromatic carbocycles. The summed E-state index contributed by atoms with van der Waals surface area (Å²) in [5.41, 5.74) is -0.0115. The van der Waals surface area contributed by atoms with Crippen molar-refractivity contribution in [2.75, 3.05) is 6.61 Å². The molecule has 6 rings (SSSR count). The van der Waals surface area contributed by atoms with E-state index < -0.39 is 77.3 Å². The van der Waals surface area contributed by atoms with E-state index in [-0.39, 0.29) is 34.2 Å². The first kappa shape index (κ1) is 37.0. The van der Waals surface area contributed by atoms with Crippen molar-refractivity contribution in [3.05, 3.63) is 118 Å². The molecule has 15 nitrogen and oxygen atoms in total. The molecule has 54 heavy (non-hydrogen) atoms. The third kappa shape index (κ3) is 8.45. The van der Waals surface area contributed by atoms with Crippen molar-refractivity contribution in [3.8, 4) is 45.8 Å². The zero-order valence-corrected chi connectivity index (χ0v) is 27.9. The molecule has 2 heterocycles. The molecule has 1 fully saturated rings. The standard InChI is InChI=1S/C39H32O15/c40-23-9-1-20(2-10-23)5-15-30(45)50-19-29-33(47)35(49)38(53-31(46)16-6-21-3-11-24(41)12-4-21)39(52-29)54-37-34(48)32-27(44)17-26(43)18-28(32)51-36(37)22-7-13-25(42)14-8-22/h1-18,29,33,35,38-44,47,49H,19H2/b15-5+,16-6+/t29-,33-,35?,38?,39+/m1/s1. The largest absolute Gasteiger partial charge is 0.508 e. The summed E-state index contributed by atoms with van der Waals surface area (Å²) in [4.78, 5) is 39.6. The number of carbonyl (C=O) groups is 2. The Labute approximate surface area is 305 Å². The summed E-state index contributed by atoms with van der Waals surface area (Å²) in [5, 5.41) is 71.5. The van der Waals surface area contributed by atoms with Gasteiger partial charge in [-0.1, -0.05) is 24.3 Å². The van der Waals surface area contributed by atoms with Gasteiger partial charge in [-0.05, 0) is 71.8 Å². The van der Waals surface area contributed by atoms with Crippen molar-refractivity contribution < 1.29 is 68.7 Å². The number of aliphatic hydroxyl groups is 2. The summed E-state index contributed by atoms with van der Waals surface area (Å²) >= 11 is 0. The number of aromatic hydroxyl groups is 5. The molecule has 1 saturated heterocycles. The second-order valence-corrected chi connectivity index (χ2v) is 12.0. The fraction of sp³-hybridized carbons (Fsp3) is 0.154. The Kier molecular flexibility index (Phi) is 10.8. The minimum absolute atomic E-state index is 0.00487. The summed E-state index contributed by atoms with van der Waals surface area (Å²) in [6.07, 6.45) is -4.24. The summed E-state index contributed by atoms with van der Waals surface area (Å²) in [6, 6.07) is 19.0. The van der Waals surface area contributed by atoms with Crippen LogP contribution in [0, 0.1) is 0 Å². The van der Waals surface area contributed by atoms with Crippen LogP contribution in [0.3, 0.4) is 0 Å². The Balaban J connectivity index is 1.33. The lowest BCUT2D eigenvalue weighted by atomic mass is 9.99. The molecule has 0 aliphatic carbocycles. The van der Waals surface area contributed by atoms with E-state index >= 15 is 0 Å². The Morgan fingerprint density at radius 3 is 1.85 bits per heavy atom. The second-order valence-electron chi connectivity index (χ2n) is 12.0. The smallest absolute Gasteiger partial charge is 0.331 e. The maximum absolute atomic E-state index is 14.0. The van der Waals surface area contributed by atoms with Gasteiger partial charge in [0.25, 0.3) is 0 Å². The first-order valence-electron chi connectivity index (χ1n) is 16.2. The van der Waals surface area contributed by atoms with Crippen LogP contribution < -0.4 is 10.2 Å². The van der Waals surface area contributed by atoms with Gasteiger partial charge in [0, 0.05) is 29.8 Å². The molecule has 7 N–H and O–H groups in total. The van der Waals surface area contributed by atoms with E-state index in [2.05, 4.69) is 0 Å². The molecule has 0 spiro atoms. The van der Waals surface area contributed by atoms with Crippen molar-refractivity contribution >= 4 is 35.1 Å². The number of ether oxygens (including phenoxy) is 4. The number of esters is 2. The average molecular weight is 741 g/mol. The molecule has 0 radical (unpaired) electrons. The molecule has 278 valence electrons. The van der Waals surface area contributed by atoms with Gasteiger partial charge in [-0.2, -0.15) is 0 Å². The number of phenolic OH excluding ortho intramolecular Hbond substituents is 5. The molecule has 5 aromatic rings. The van der Waals surface area contributed by atoms with Gasteiger partial charge in [0.1, 0.15) is 64.6 Å². The fourth-order valence-electron chi connectivity index (χ4n) is 5.44. The summed E-state index contributed by atoms with van der Waals surface area (Å²) in [6.45, 7) is -0.657. The third-order valence-electron chi connectivity index (χ3n) is 8.18. The number of carbonyl (C=O) groups excluding carboxylic acids is 2. The number of phenols is 5. The molecule has 0 saturated carbocycles. The highest BCUT2D eigenvalue weighted by Crippen LogP contribution is 2.38. The lowest BCUT2D eigenvalue weighted by molar-refractivity contribution is -0.282. The van der Waals surface area contributed by atoms with Crippen molar-refractivity contribution in [1.82, 2.24) is 0 Å². The number of benzene rings is 4. The highest BCUT2D eigenvalue weighted by Gasteiger charge is 2.49. The number of hydrogen-bond acceptors (Lipinski definition) is 15. The SMILES string of the molecule is O=C(/C=C/c1ccc(O)cc1)OC[C@H]1O[C@@H](Oc2c(-c3ccc(O)cc3)oc3cc(O)cc(O)c3c2=O)C(OC(=O)/C=C/c2ccc(O)cc2)C(O)[C@@H]1O. The van der Waals surface area contributed by atoms with Gasteiger partial charge in [0.05, 0.1) is 0 Å². The Hall–Kier alpha value is -6.81. The molecular formula is C39H32O15. The van der Waals surface area contributed by atoms with E-state index in [4.69, 9.17) is 23.4 Å². The highest BCUT2D eigenvalue weighted by atomic mass is 16.7. The zero-order valence-electron chi connectivity index (χ0n) is 27.9. The quantitative estimate of drug-likeness (QED) is 0.0798. The molecule has 1 aromatic heterocycles. The average Bonchev–Trinajstić information content (AvgIpc) is 3.14. The maximum atomic E-state index is 14.0. The number of fused-ring (bicyclic) bond motifs is 1. The minimum atomic E-state index is -1.96. The molecule has 0 amide bonds. The van der Waals surface area contributed by atoms with Crippen LogP contribution in [0.2, 0.25) is 0 Å². The molecule has 1 aliphatic rings. The van der Waals surface area contributed by atoms with Crippen LogP contribution in [0.5, 0.6) is 34.5 Å². The number of hydrogen-bond donors (Lipinski definition) is 7. The molecular weight excluding hydrogens is 708 g/mol. The number of aliphatic hydroxyl groups excluding tert-OH is 2. The van der Waals surface area contributed by atoms with E-state index in [1.807, 2.05) is 0 Å². The van der Waals surface area contributed by atoms with Gasteiger partial charge in [-0.3, -0.25) is 4.79 Å². The van der Waals surface area contributed by atoms with Gasteiger partial charge in [0.2, 0.25) is 17.5 Å². The first-order valence-corrected chi connectivity index (χ1v) is 16.2. The lowest BCUT2D eigenvalue weighted by Gasteiger charge is -2.41. The van der Waals surface area contributed by atoms with E-state index in [1.165, 1.54) is 72.8 Å². The van der Waals surface area contributed by atoms with E-state index in [0.29, 0.717) is 11.1 Å².